The van der Waals surface area contributed by atoms with E-state index in [1.165, 1.54) is 30.7 Å². The molecule has 0 atom stereocenters. The Morgan fingerprint density at radius 2 is 1.90 bits per heavy atom. The maximum atomic E-state index is 12.8. The van der Waals surface area contributed by atoms with Gasteiger partial charge in [0.2, 0.25) is 0 Å². The monoisotopic (exact) mass is 315 g/mol. The van der Waals surface area contributed by atoms with Crippen LogP contribution in [0.15, 0.2) is 40.6 Å². The predicted molar refractivity (Wildman–Crippen MR) is 72.9 cm³/mol. The molecule has 2 rings (SSSR count). The van der Waals surface area contributed by atoms with Crippen molar-refractivity contribution in [3.63, 3.8) is 0 Å². The summed E-state index contributed by atoms with van der Waals surface area (Å²) in [6.07, 6.45) is 0. The highest BCUT2D eigenvalue weighted by atomic mass is 32.2. The third-order valence-electron chi connectivity index (χ3n) is 2.39. The number of anilines is 1. The van der Waals surface area contributed by atoms with E-state index in [-0.39, 0.29) is 15.5 Å². The summed E-state index contributed by atoms with van der Waals surface area (Å²) in [5.41, 5.74) is 0.202. The molecule has 0 aliphatic rings. The van der Waals surface area contributed by atoms with Crippen LogP contribution in [-0.4, -0.2) is 21.5 Å². The number of carbonyl (C=O) groups is 1. The van der Waals surface area contributed by atoms with Crippen LogP contribution in [0.5, 0.6) is 0 Å². The Labute approximate surface area is 119 Å². The molecule has 0 aliphatic carbocycles. The van der Waals surface area contributed by atoms with Crippen LogP contribution in [0, 0.1) is 5.82 Å². The second kappa shape index (κ2) is 5.59. The van der Waals surface area contributed by atoms with E-state index in [1.807, 2.05) is 0 Å². The topological polar surface area (TPSA) is 72.5 Å². The van der Waals surface area contributed by atoms with Crippen LogP contribution in [0.25, 0.3) is 0 Å². The number of rotatable bonds is 4. The standard InChI is InChI=1S/C12H10FNO4S2/c1-18-12(15)11-10(6-7-19-11)20(16,17)14-9-4-2-8(13)3-5-9/h2-7,14H,1H3. The summed E-state index contributed by atoms with van der Waals surface area (Å²) in [5, 5.41) is 1.48. The fourth-order valence-electron chi connectivity index (χ4n) is 1.48. The molecule has 0 radical (unpaired) electrons. The van der Waals surface area contributed by atoms with E-state index in [4.69, 9.17) is 0 Å². The van der Waals surface area contributed by atoms with Gasteiger partial charge in [-0.3, -0.25) is 4.72 Å². The molecule has 0 aliphatic heterocycles. The number of hydrogen-bond acceptors (Lipinski definition) is 5. The molecule has 1 aromatic heterocycles. The smallest absolute Gasteiger partial charge is 0.349 e. The van der Waals surface area contributed by atoms with Gasteiger partial charge in [0.25, 0.3) is 10.0 Å². The third kappa shape index (κ3) is 2.97. The third-order valence-corrected chi connectivity index (χ3v) is 4.83. The molecule has 1 aromatic carbocycles. The molecule has 20 heavy (non-hydrogen) atoms. The highest BCUT2D eigenvalue weighted by Gasteiger charge is 2.24. The molecule has 0 unspecified atom stereocenters. The van der Waals surface area contributed by atoms with Crippen molar-refractivity contribution in [1.29, 1.82) is 0 Å². The first-order valence-electron chi connectivity index (χ1n) is 5.38. The lowest BCUT2D eigenvalue weighted by Gasteiger charge is -2.08. The molecular formula is C12H10FNO4S2. The quantitative estimate of drug-likeness (QED) is 0.880. The molecule has 0 saturated carbocycles. The van der Waals surface area contributed by atoms with Gasteiger partial charge in [0.1, 0.15) is 15.6 Å². The highest BCUT2D eigenvalue weighted by molar-refractivity contribution is 7.93. The van der Waals surface area contributed by atoms with E-state index in [1.54, 1.807) is 0 Å². The van der Waals surface area contributed by atoms with E-state index in [2.05, 4.69) is 9.46 Å². The lowest BCUT2D eigenvalue weighted by molar-refractivity contribution is 0.0602. The molecule has 0 saturated heterocycles. The van der Waals surface area contributed by atoms with Crippen molar-refractivity contribution in [2.75, 3.05) is 11.8 Å². The van der Waals surface area contributed by atoms with Crippen molar-refractivity contribution in [2.24, 2.45) is 0 Å². The second-order valence-electron chi connectivity index (χ2n) is 3.72. The van der Waals surface area contributed by atoms with Crippen LogP contribution in [0.4, 0.5) is 10.1 Å². The summed E-state index contributed by atoms with van der Waals surface area (Å²) in [7, 11) is -2.76. The number of ether oxygens (including phenoxy) is 1. The average molecular weight is 315 g/mol. The first kappa shape index (κ1) is 14.5. The Bertz CT molecular complexity index is 722. The number of thiophene rings is 1. The van der Waals surface area contributed by atoms with Crippen molar-refractivity contribution in [3.05, 3.63) is 46.4 Å². The Morgan fingerprint density at radius 3 is 2.50 bits per heavy atom. The summed E-state index contributed by atoms with van der Waals surface area (Å²) < 4.78 is 43.9. The summed E-state index contributed by atoms with van der Waals surface area (Å²) in [6, 6.07) is 6.15. The zero-order chi connectivity index (χ0) is 14.8. The number of benzene rings is 1. The molecule has 0 spiro atoms. The van der Waals surface area contributed by atoms with Crippen molar-refractivity contribution >= 4 is 33.0 Å². The van der Waals surface area contributed by atoms with Gasteiger partial charge >= 0.3 is 5.97 Å². The van der Waals surface area contributed by atoms with Crippen molar-refractivity contribution in [1.82, 2.24) is 0 Å². The van der Waals surface area contributed by atoms with Crippen molar-refractivity contribution in [3.8, 4) is 0 Å². The average Bonchev–Trinajstić information content (AvgIpc) is 2.90. The summed E-state index contributed by atoms with van der Waals surface area (Å²) in [4.78, 5) is 11.3. The van der Waals surface area contributed by atoms with Gasteiger partial charge in [-0.2, -0.15) is 0 Å². The minimum atomic E-state index is -3.93. The maximum Gasteiger partial charge on any atom is 0.349 e. The molecular weight excluding hydrogens is 305 g/mol. The zero-order valence-corrected chi connectivity index (χ0v) is 11.9. The lowest BCUT2D eigenvalue weighted by Crippen LogP contribution is -2.15. The molecule has 1 heterocycles. The number of sulfonamides is 1. The number of hydrogen-bond donors (Lipinski definition) is 1. The van der Waals surface area contributed by atoms with Gasteiger partial charge in [-0.15, -0.1) is 11.3 Å². The van der Waals surface area contributed by atoms with Crippen LogP contribution in [-0.2, 0) is 14.8 Å². The minimum Gasteiger partial charge on any atom is -0.465 e. The number of nitrogens with one attached hydrogen (secondary N) is 1. The second-order valence-corrected chi connectivity index (χ2v) is 6.28. The van der Waals surface area contributed by atoms with Crippen molar-refractivity contribution in [2.45, 2.75) is 4.90 Å². The molecule has 5 nitrogen and oxygen atoms in total. The maximum absolute atomic E-state index is 12.8. The van der Waals surface area contributed by atoms with Crippen LogP contribution in [0.2, 0.25) is 0 Å². The first-order chi connectivity index (χ1) is 9.44. The zero-order valence-electron chi connectivity index (χ0n) is 10.3. The summed E-state index contributed by atoms with van der Waals surface area (Å²) in [6.45, 7) is 0. The van der Waals surface area contributed by atoms with Gasteiger partial charge in [0, 0.05) is 5.69 Å². The molecule has 0 fully saturated rings. The minimum absolute atomic E-state index is 0.0119. The van der Waals surface area contributed by atoms with Crippen LogP contribution < -0.4 is 4.72 Å². The van der Waals surface area contributed by atoms with Crippen LogP contribution in [0.1, 0.15) is 9.67 Å². The Kier molecular flexibility index (Phi) is 4.05. The van der Waals surface area contributed by atoms with Gasteiger partial charge in [0.15, 0.2) is 0 Å². The fraction of sp³-hybridized carbons (Fsp3) is 0.0833. The van der Waals surface area contributed by atoms with Crippen LogP contribution >= 0.6 is 11.3 Å². The Morgan fingerprint density at radius 1 is 1.25 bits per heavy atom. The van der Waals surface area contributed by atoms with E-state index in [9.17, 15) is 17.6 Å². The molecule has 8 heteroatoms. The van der Waals surface area contributed by atoms with E-state index >= 15 is 0 Å². The van der Waals surface area contributed by atoms with Gasteiger partial charge in [-0.05, 0) is 35.7 Å². The summed E-state index contributed by atoms with van der Waals surface area (Å²) in [5.74, 6) is -1.20. The fourth-order valence-corrected chi connectivity index (χ4v) is 3.87. The van der Waals surface area contributed by atoms with Gasteiger partial charge in [0.05, 0.1) is 7.11 Å². The molecule has 2 aromatic rings. The van der Waals surface area contributed by atoms with Gasteiger partial charge in [-0.25, -0.2) is 17.6 Å². The Balaban J connectivity index is 2.34. The number of carbonyl (C=O) groups excluding carboxylic acids is 1. The molecule has 106 valence electrons. The largest absolute Gasteiger partial charge is 0.465 e. The summed E-state index contributed by atoms with van der Waals surface area (Å²) >= 11 is 0.968. The molecule has 0 amide bonds. The van der Waals surface area contributed by atoms with E-state index in [0.717, 1.165) is 23.5 Å². The number of halogens is 1. The van der Waals surface area contributed by atoms with Gasteiger partial charge < -0.3 is 4.74 Å². The lowest BCUT2D eigenvalue weighted by atomic mass is 10.3. The number of methoxy groups -OCH3 is 1. The van der Waals surface area contributed by atoms with Gasteiger partial charge in [-0.1, -0.05) is 0 Å². The van der Waals surface area contributed by atoms with E-state index < -0.39 is 21.8 Å². The normalized spacial score (nSPS) is 11.1. The SMILES string of the molecule is COC(=O)c1sccc1S(=O)(=O)Nc1ccc(F)cc1. The molecule has 0 bridgehead atoms. The van der Waals surface area contributed by atoms with Crippen LogP contribution in [0.3, 0.4) is 0 Å². The van der Waals surface area contributed by atoms with E-state index in [0.29, 0.717) is 0 Å². The highest BCUT2D eigenvalue weighted by Crippen LogP contribution is 2.25. The van der Waals surface area contributed by atoms with Crippen molar-refractivity contribution < 1.29 is 22.3 Å². The number of esters is 1. The predicted octanol–water partition coefficient (Wildman–Crippen LogP) is 2.47. The first-order valence-corrected chi connectivity index (χ1v) is 7.74. The molecule has 1 N–H and O–H groups in total. The Hall–Kier alpha value is -1.93.